The molecule has 1 aromatic heterocycles. The molecule has 2 atom stereocenters. The average molecular weight is 291 g/mol. The van der Waals surface area contributed by atoms with Gasteiger partial charge in [-0.3, -0.25) is 0 Å². The number of carboxylic acid groups (broad SMARTS) is 1. The monoisotopic (exact) mass is 291 g/mol. The van der Waals surface area contributed by atoms with Crippen molar-refractivity contribution in [2.45, 2.75) is 64.9 Å². The predicted octanol–water partition coefficient (Wildman–Crippen LogP) is 4.03. The highest BCUT2D eigenvalue weighted by Crippen LogP contribution is 2.29. The first-order valence-corrected chi connectivity index (χ1v) is 7.70. The Morgan fingerprint density at radius 3 is 2.52 bits per heavy atom. The fraction of sp³-hybridized carbons (Fsp3) is 0.647. The second kappa shape index (κ2) is 6.04. The summed E-state index contributed by atoms with van der Waals surface area (Å²) in [7, 11) is 0. The fourth-order valence-electron chi connectivity index (χ4n) is 2.69. The molecule has 1 heterocycles. The number of pyridine rings is 1. The summed E-state index contributed by atoms with van der Waals surface area (Å²) < 4.78 is 6.02. The Morgan fingerprint density at radius 1 is 1.29 bits per heavy atom. The van der Waals surface area contributed by atoms with E-state index >= 15 is 0 Å². The van der Waals surface area contributed by atoms with E-state index in [1.54, 1.807) is 12.1 Å². The Balaban J connectivity index is 2.29. The number of aromatic carboxylic acids is 1. The molecule has 4 nitrogen and oxygen atoms in total. The van der Waals surface area contributed by atoms with E-state index in [1.807, 2.05) is 20.8 Å². The van der Waals surface area contributed by atoms with Gasteiger partial charge >= 0.3 is 5.97 Å². The van der Waals surface area contributed by atoms with Crippen molar-refractivity contribution in [3.8, 4) is 5.88 Å². The second-order valence-electron chi connectivity index (χ2n) is 7.05. The number of aromatic nitrogens is 1. The van der Waals surface area contributed by atoms with E-state index in [4.69, 9.17) is 4.74 Å². The first-order valence-electron chi connectivity index (χ1n) is 7.70. The van der Waals surface area contributed by atoms with E-state index in [0.717, 1.165) is 18.5 Å². The molecule has 1 aromatic rings. The summed E-state index contributed by atoms with van der Waals surface area (Å²) in [6, 6.07) is 3.18. The molecule has 116 valence electrons. The van der Waals surface area contributed by atoms with Crippen LogP contribution in [-0.2, 0) is 5.41 Å². The molecular weight excluding hydrogens is 266 g/mol. The minimum atomic E-state index is -0.940. The van der Waals surface area contributed by atoms with Crippen molar-refractivity contribution in [2.75, 3.05) is 0 Å². The molecular formula is C17H25NO3. The largest absolute Gasteiger partial charge is 0.478 e. The molecule has 2 unspecified atom stereocenters. The number of carbonyl (C=O) groups is 1. The summed E-state index contributed by atoms with van der Waals surface area (Å²) in [6.07, 6.45) is 4.74. The van der Waals surface area contributed by atoms with Gasteiger partial charge in [0.05, 0.1) is 11.3 Å². The fourth-order valence-corrected chi connectivity index (χ4v) is 2.69. The van der Waals surface area contributed by atoms with Gasteiger partial charge in [-0.1, -0.05) is 34.1 Å². The van der Waals surface area contributed by atoms with E-state index < -0.39 is 5.97 Å². The molecule has 0 aliphatic heterocycles. The van der Waals surface area contributed by atoms with Crippen LogP contribution in [0.4, 0.5) is 0 Å². The molecule has 0 amide bonds. The predicted molar refractivity (Wildman–Crippen MR) is 81.9 cm³/mol. The van der Waals surface area contributed by atoms with Gasteiger partial charge in [-0.25, -0.2) is 9.78 Å². The first kappa shape index (κ1) is 15.8. The molecule has 1 aliphatic rings. The lowest BCUT2D eigenvalue weighted by Gasteiger charge is -2.29. The highest BCUT2D eigenvalue weighted by atomic mass is 16.5. The minimum Gasteiger partial charge on any atom is -0.478 e. The average Bonchev–Trinajstić information content (AvgIpc) is 2.40. The highest BCUT2D eigenvalue weighted by molar-refractivity contribution is 5.88. The smallest absolute Gasteiger partial charge is 0.335 e. The minimum absolute atomic E-state index is 0.142. The summed E-state index contributed by atoms with van der Waals surface area (Å²) in [4.78, 5) is 15.8. The lowest BCUT2D eigenvalue weighted by atomic mass is 9.88. The van der Waals surface area contributed by atoms with E-state index in [2.05, 4.69) is 11.9 Å². The van der Waals surface area contributed by atoms with Crippen LogP contribution in [0.1, 0.15) is 69.4 Å². The Kier molecular flexibility index (Phi) is 4.55. The summed E-state index contributed by atoms with van der Waals surface area (Å²) in [6.45, 7) is 8.26. The van der Waals surface area contributed by atoms with Crippen LogP contribution in [0, 0.1) is 5.92 Å². The molecule has 0 spiro atoms. The van der Waals surface area contributed by atoms with Crippen LogP contribution in [0.3, 0.4) is 0 Å². The second-order valence-corrected chi connectivity index (χ2v) is 7.05. The molecule has 0 radical (unpaired) electrons. The molecule has 0 saturated heterocycles. The van der Waals surface area contributed by atoms with E-state index in [0.29, 0.717) is 11.8 Å². The lowest BCUT2D eigenvalue weighted by Crippen LogP contribution is -2.29. The van der Waals surface area contributed by atoms with Crippen LogP contribution in [0.2, 0.25) is 0 Å². The first-order chi connectivity index (χ1) is 9.77. The highest BCUT2D eigenvalue weighted by Gasteiger charge is 2.25. The number of ether oxygens (including phenoxy) is 1. The molecule has 0 bridgehead atoms. The van der Waals surface area contributed by atoms with Crippen LogP contribution in [-0.4, -0.2) is 22.2 Å². The zero-order valence-electron chi connectivity index (χ0n) is 13.3. The van der Waals surface area contributed by atoms with E-state index in [9.17, 15) is 9.90 Å². The van der Waals surface area contributed by atoms with Gasteiger partial charge in [-0.2, -0.15) is 0 Å². The van der Waals surface area contributed by atoms with Crippen LogP contribution in [0.15, 0.2) is 12.1 Å². The van der Waals surface area contributed by atoms with Gasteiger partial charge in [0.2, 0.25) is 5.88 Å². The van der Waals surface area contributed by atoms with Gasteiger partial charge in [-0.15, -0.1) is 0 Å². The normalized spacial score (nSPS) is 22.9. The van der Waals surface area contributed by atoms with Crippen molar-refractivity contribution in [1.29, 1.82) is 0 Å². The maximum atomic E-state index is 11.3. The topological polar surface area (TPSA) is 59.4 Å². The van der Waals surface area contributed by atoms with Gasteiger partial charge in [0.1, 0.15) is 6.10 Å². The SMILES string of the molecule is CC1CCCCC1Oc1cc(C(=O)O)cc(C(C)(C)C)n1. The maximum absolute atomic E-state index is 11.3. The van der Waals surface area contributed by atoms with Crippen molar-refractivity contribution in [2.24, 2.45) is 5.92 Å². The summed E-state index contributed by atoms with van der Waals surface area (Å²) in [5.74, 6) is -0.00450. The number of hydrogen-bond donors (Lipinski definition) is 1. The molecule has 1 aliphatic carbocycles. The van der Waals surface area contributed by atoms with Gasteiger partial charge < -0.3 is 9.84 Å². The summed E-state index contributed by atoms with van der Waals surface area (Å²) in [5.41, 5.74) is 0.788. The van der Waals surface area contributed by atoms with Crippen LogP contribution in [0.25, 0.3) is 0 Å². The zero-order valence-corrected chi connectivity index (χ0v) is 13.3. The van der Waals surface area contributed by atoms with Crippen molar-refractivity contribution in [3.63, 3.8) is 0 Å². The van der Waals surface area contributed by atoms with Crippen LogP contribution < -0.4 is 4.74 Å². The van der Waals surface area contributed by atoms with Crippen LogP contribution >= 0.6 is 0 Å². The Labute approximate surface area is 126 Å². The standard InChI is InChI=1S/C17H25NO3/c1-11-7-5-6-8-13(11)21-15-10-12(16(19)20)9-14(18-15)17(2,3)4/h9-11,13H,5-8H2,1-4H3,(H,19,20). The van der Waals surface area contributed by atoms with E-state index in [1.165, 1.54) is 12.8 Å². The number of carboxylic acids is 1. The molecule has 0 aromatic carbocycles. The van der Waals surface area contributed by atoms with Gasteiger partial charge in [-0.05, 0) is 31.2 Å². The summed E-state index contributed by atoms with van der Waals surface area (Å²) in [5, 5.41) is 9.27. The zero-order chi connectivity index (χ0) is 15.6. The molecule has 2 rings (SSSR count). The number of hydrogen-bond acceptors (Lipinski definition) is 3. The van der Waals surface area contributed by atoms with Gasteiger partial charge in [0.25, 0.3) is 0 Å². The van der Waals surface area contributed by atoms with Crippen LogP contribution in [0.5, 0.6) is 5.88 Å². The van der Waals surface area contributed by atoms with Crippen molar-refractivity contribution >= 4 is 5.97 Å². The molecule has 4 heteroatoms. The summed E-state index contributed by atoms with van der Waals surface area (Å²) >= 11 is 0. The lowest BCUT2D eigenvalue weighted by molar-refractivity contribution is 0.0692. The van der Waals surface area contributed by atoms with Gasteiger partial charge in [0.15, 0.2) is 0 Å². The molecule has 1 N–H and O–H groups in total. The maximum Gasteiger partial charge on any atom is 0.335 e. The molecule has 1 saturated carbocycles. The third-order valence-corrected chi connectivity index (χ3v) is 4.12. The van der Waals surface area contributed by atoms with E-state index in [-0.39, 0.29) is 17.1 Å². The van der Waals surface area contributed by atoms with Crippen molar-refractivity contribution in [3.05, 3.63) is 23.4 Å². The van der Waals surface area contributed by atoms with Crippen molar-refractivity contribution < 1.29 is 14.6 Å². The quantitative estimate of drug-likeness (QED) is 0.913. The molecule has 1 fully saturated rings. The third kappa shape index (κ3) is 3.96. The molecule has 21 heavy (non-hydrogen) atoms. The van der Waals surface area contributed by atoms with Gasteiger partial charge in [0, 0.05) is 11.5 Å². The number of rotatable bonds is 3. The Hall–Kier alpha value is -1.58. The Morgan fingerprint density at radius 2 is 1.95 bits per heavy atom. The van der Waals surface area contributed by atoms with Crippen molar-refractivity contribution in [1.82, 2.24) is 4.98 Å². The Bertz CT molecular complexity index is 519. The third-order valence-electron chi connectivity index (χ3n) is 4.12. The number of nitrogens with zero attached hydrogens (tertiary/aromatic N) is 1.